The molecule has 0 aliphatic heterocycles. The third kappa shape index (κ3) is 3.12. The van der Waals surface area contributed by atoms with Gasteiger partial charge in [-0.15, -0.1) is 0 Å². The number of nitrogens with zero attached hydrogens (tertiary/aromatic N) is 4. The molecule has 7 nitrogen and oxygen atoms in total. The molecule has 1 aliphatic rings. The average Bonchev–Trinajstić information content (AvgIpc) is 3.08. The number of aryl methyl sites for hydroxylation is 2. The average molecular weight is 368 g/mol. The van der Waals surface area contributed by atoms with E-state index >= 15 is 0 Å². The summed E-state index contributed by atoms with van der Waals surface area (Å²) in [5.74, 6) is 0.428. The fourth-order valence-corrected chi connectivity index (χ4v) is 4.20. The zero-order valence-corrected chi connectivity index (χ0v) is 15.6. The van der Waals surface area contributed by atoms with Crippen LogP contribution in [0.15, 0.2) is 40.2 Å². The molecule has 0 radical (unpaired) electrons. The van der Waals surface area contributed by atoms with Gasteiger partial charge < -0.3 is 9.67 Å². The molecule has 142 valence electrons. The standard InChI is InChI=1S/C20H24N4O3/c1-22-18-17(19(26)23(2)20(22)27)24(12-21-18)11-16(25)10-13-7-8-14-5-3-4-6-15(14)9-13/h3-6,12-13,16,25H,7-11H2,1-2H3. The van der Waals surface area contributed by atoms with Gasteiger partial charge in [-0.1, -0.05) is 24.3 Å². The first-order chi connectivity index (χ1) is 13.0. The van der Waals surface area contributed by atoms with Gasteiger partial charge in [0.2, 0.25) is 0 Å². The van der Waals surface area contributed by atoms with E-state index in [2.05, 4.69) is 29.2 Å². The van der Waals surface area contributed by atoms with Crippen molar-refractivity contribution >= 4 is 11.2 Å². The first kappa shape index (κ1) is 17.7. The molecule has 0 bridgehead atoms. The highest BCUT2D eigenvalue weighted by molar-refractivity contribution is 5.69. The lowest BCUT2D eigenvalue weighted by Crippen LogP contribution is -2.37. The minimum Gasteiger partial charge on any atom is -0.391 e. The van der Waals surface area contributed by atoms with Gasteiger partial charge in [0.25, 0.3) is 5.56 Å². The fourth-order valence-electron chi connectivity index (χ4n) is 4.20. The molecule has 27 heavy (non-hydrogen) atoms. The Bertz CT molecular complexity index is 1110. The molecule has 1 aromatic carbocycles. The Morgan fingerprint density at radius 1 is 1.19 bits per heavy atom. The van der Waals surface area contributed by atoms with Crippen LogP contribution in [-0.4, -0.2) is 29.9 Å². The number of fused-ring (bicyclic) bond motifs is 2. The van der Waals surface area contributed by atoms with Crippen LogP contribution < -0.4 is 11.2 Å². The molecule has 7 heteroatoms. The monoisotopic (exact) mass is 368 g/mol. The van der Waals surface area contributed by atoms with E-state index in [1.807, 2.05) is 0 Å². The molecule has 2 aromatic heterocycles. The van der Waals surface area contributed by atoms with Crippen molar-refractivity contribution in [1.82, 2.24) is 18.7 Å². The number of hydrogen-bond donors (Lipinski definition) is 1. The van der Waals surface area contributed by atoms with E-state index in [1.165, 1.54) is 29.1 Å². The summed E-state index contributed by atoms with van der Waals surface area (Å²) in [7, 11) is 3.05. The Morgan fingerprint density at radius 3 is 2.70 bits per heavy atom. The van der Waals surface area contributed by atoms with Gasteiger partial charge in [0.1, 0.15) is 0 Å². The predicted octanol–water partition coefficient (Wildman–Crippen LogP) is 0.990. The number of benzene rings is 1. The number of imidazole rings is 1. The molecular formula is C20H24N4O3. The van der Waals surface area contributed by atoms with E-state index in [-0.39, 0.29) is 5.56 Å². The summed E-state index contributed by atoms with van der Waals surface area (Å²) in [5.41, 5.74) is 2.70. The Labute approximate surface area is 156 Å². The second-order valence-corrected chi connectivity index (χ2v) is 7.54. The predicted molar refractivity (Wildman–Crippen MR) is 103 cm³/mol. The first-order valence-electron chi connectivity index (χ1n) is 9.31. The van der Waals surface area contributed by atoms with Crippen LogP contribution in [0.1, 0.15) is 24.0 Å². The third-order valence-corrected chi connectivity index (χ3v) is 5.68. The van der Waals surface area contributed by atoms with Gasteiger partial charge in [-0.3, -0.25) is 13.9 Å². The summed E-state index contributed by atoms with van der Waals surface area (Å²) in [6.07, 6.45) is 4.73. The number of hydrogen-bond acceptors (Lipinski definition) is 4. The molecule has 4 rings (SSSR count). The Morgan fingerprint density at radius 2 is 1.93 bits per heavy atom. The van der Waals surface area contributed by atoms with E-state index in [1.54, 1.807) is 11.6 Å². The number of aliphatic hydroxyl groups is 1. The van der Waals surface area contributed by atoms with Gasteiger partial charge in [-0.2, -0.15) is 0 Å². The maximum Gasteiger partial charge on any atom is 0.332 e. The van der Waals surface area contributed by atoms with Crippen LogP contribution >= 0.6 is 0 Å². The van der Waals surface area contributed by atoms with Crippen molar-refractivity contribution in [1.29, 1.82) is 0 Å². The first-order valence-corrected chi connectivity index (χ1v) is 9.31. The molecule has 0 spiro atoms. The number of aromatic nitrogens is 4. The molecular weight excluding hydrogens is 344 g/mol. The molecule has 0 fully saturated rings. The van der Waals surface area contributed by atoms with Gasteiger partial charge in [0.05, 0.1) is 19.0 Å². The molecule has 0 saturated carbocycles. The summed E-state index contributed by atoms with van der Waals surface area (Å²) in [4.78, 5) is 28.7. The van der Waals surface area contributed by atoms with Crippen molar-refractivity contribution in [3.63, 3.8) is 0 Å². The van der Waals surface area contributed by atoms with Crippen molar-refractivity contribution in [3.05, 3.63) is 62.6 Å². The highest BCUT2D eigenvalue weighted by atomic mass is 16.3. The third-order valence-electron chi connectivity index (χ3n) is 5.68. The van der Waals surface area contributed by atoms with Gasteiger partial charge >= 0.3 is 5.69 Å². The molecule has 2 unspecified atom stereocenters. The van der Waals surface area contributed by atoms with Crippen LogP contribution in [0.3, 0.4) is 0 Å². The lowest BCUT2D eigenvalue weighted by Gasteiger charge is -2.26. The van der Waals surface area contributed by atoms with E-state index in [9.17, 15) is 14.7 Å². The van der Waals surface area contributed by atoms with Gasteiger partial charge in [0.15, 0.2) is 11.2 Å². The lowest BCUT2D eigenvalue weighted by molar-refractivity contribution is 0.121. The van der Waals surface area contributed by atoms with Crippen molar-refractivity contribution in [2.45, 2.75) is 38.3 Å². The summed E-state index contributed by atoms with van der Waals surface area (Å²) in [6, 6.07) is 8.49. The normalized spacial score (nSPS) is 17.8. The number of aliphatic hydroxyl groups excluding tert-OH is 1. The minimum absolute atomic E-state index is 0.294. The van der Waals surface area contributed by atoms with Crippen LogP contribution in [0.5, 0.6) is 0 Å². The molecule has 0 saturated heterocycles. The minimum atomic E-state index is -0.570. The molecule has 1 aliphatic carbocycles. The van der Waals surface area contributed by atoms with E-state index < -0.39 is 11.8 Å². The molecule has 0 amide bonds. The van der Waals surface area contributed by atoms with Gasteiger partial charge in [-0.05, 0) is 42.7 Å². The van der Waals surface area contributed by atoms with Crippen LogP contribution in [0, 0.1) is 5.92 Å². The maximum atomic E-state index is 12.5. The quantitative estimate of drug-likeness (QED) is 0.745. The van der Waals surface area contributed by atoms with E-state index in [0.717, 1.165) is 23.8 Å². The van der Waals surface area contributed by atoms with Crippen LogP contribution in [0.25, 0.3) is 11.2 Å². The maximum absolute atomic E-state index is 12.5. The van der Waals surface area contributed by atoms with Crippen LogP contribution in [0.2, 0.25) is 0 Å². The van der Waals surface area contributed by atoms with Gasteiger partial charge in [-0.25, -0.2) is 9.78 Å². The molecule has 2 heterocycles. The van der Waals surface area contributed by atoms with E-state index in [4.69, 9.17) is 0 Å². The highest BCUT2D eigenvalue weighted by Gasteiger charge is 2.22. The lowest BCUT2D eigenvalue weighted by atomic mass is 9.81. The van der Waals surface area contributed by atoms with E-state index in [0.29, 0.717) is 30.0 Å². The number of rotatable bonds is 4. The second-order valence-electron chi connectivity index (χ2n) is 7.54. The van der Waals surface area contributed by atoms with Gasteiger partial charge in [0, 0.05) is 14.1 Å². The van der Waals surface area contributed by atoms with Crippen molar-refractivity contribution in [2.75, 3.05) is 0 Å². The molecule has 3 aromatic rings. The fraction of sp³-hybridized carbons (Fsp3) is 0.450. The second kappa shape index (κ2) is 6.81. The topological polar surface area (TPSA) is 82.0 Å². The Kier molecular flexibility index (Phi) is 4.47. The zero-order valence-electron chi connectivity index (χ0n) is 15.6. The van der Waals surface area contributed by atoms with Crippen molar-refractivity contribution < 1.29 is 5.11 Å². The largest absolute Gasteiger partial charge is 0.391 e. The zero-order chi connectivity index (χ0) is 19.1. The van der Waals surface area contributed by atoms with Crippen molar-refractivity contribution in [3.8, 4) is 0 Å². The smallest absolute Gasteiger partial charge is 0.332 e. The molecule has 2 atom stereocenters. The summed E-state index contributed by atoms with van der Waals surface area (Å²) in [5, 5.41) is 10.6. The summed E-state index contributed by atoms with van der Waals surface area (Å²) < 4.78 is 4.10. The molecule has 1 N–H and O–H groups in total. The highest BCUT2D eigenvalue weighted by Crippen LogP contribution is 2.28. The van der Waals surface area contributed by atoms with Crippen molar-refractivity contribution in [2.24, 2.45) is 20.0 Å². The Hall–Kier alpha value is -2.67. The summed E-state index contributed by atoms with van der Waals surface area (Å²) >= 11 is 0. The van der Waals surface area contributed by atoms with Crippen LogP contribution in [-0.2, 0) is 33.5 Å². The summed E-state index contributed by atoms with van der Waals surface area (Å²) in [6.45, 7) is 0.294. The SMILES string of the molecule is Cn1c(=O)c2c(ncn2CC(O)CC2CCc3ccccc3C2)n(C)c1=O. The van der Waals surface area contributed by atoms with Crippen LogP contribution in [0.4, 0.5) is 0 Å². The Balaban J connectivity index is 1.53.